The van der Waals surface area contributed by atoms with Crippen molar-refractivity contribution in [3.63, 3.8) is 0 Å². The molecule has 2 heterocycles. The van der Waals surface area contributed by atoms with Crippen molar-refractivity contribution in [2.24, 2.45) is 0 Å². The lowest BCUT2D eigenvalue weighted by molar-refractivity contribution is -0.121. The SMILES string of the molecule is C=CCNC(=O)CCn1cnc2sc3c(c2c1=O)CCCC3. The van der Waals surface area contributed by atoms with E-state index in [9.17, 15) is 9.59 Å². The lowest BCUT2D eigenvalue weighted by Gasteiger charge is -2.10. The largest absolute Gasteiger partial charge is 0.353 e. The van der Waals surface area contributed by atoms with Crippen LogP contribution in [0.4, 0.5) is 0 Å². The van der Waals surface area contributed by atoms with E-state index in [4.69, 9.17) is 0 Å². The third kappa shape index (κ3) is 2.83. The first kappa shape index (κ1) is 15.0. The van der Waals surface area contributed by atoms with E-state index in [-0.39, 0.29) is 17.9 Å². The molecule has 0 radical (unpaired) electrons. The van der Waals surface area contributed by atoms with Gasteiger partial charge >= 0.3 is 0 Å². The highest BCUT2D eigenvalue weighted by molar-refractivity contribution is 7.18. The Morgan fingerprint density at radius 1 is 1.45 bits per heavy atom. The number of hydrogen-bond acceptors (Lipinski definition) is 4. The number of fused-ring (bicyclic) bond motifs is 3. The summed E-state index contributed by atoms with van der Waals surface area (Å²) in [5.74, 6) is -0.0840. The van der Waals surface area contributed by atoms with Crippen LogP contribution < -0.4 is 10.9 Å². The van der Waals surface area contributed by atoms with E-state index in [2.05, 4.69) is 16.9 Å². The second kappa shape index (κ2) is 6.44. The first-order chi connectivity index (χ1) is 10.7. The van der Waals surface area contributed by atoms with Gasteiger partial charge in [0.25, 0.3) is 5.56 Å². The van der Waals surface area contributed by atoms with Gasteiger partial charge in [-0.1, -0.05) is 6.08 Å². The molecule has 0 aliphatic heterocycles. The summed E-state index contributed by atoms with van der Waals surface area (Å²) in [5, 5.41) is 3.49. The zero-order chi connectivity index (χ0) is 15.5. The molecule has 2 aromatic heterocycles. The highest BCUT2D eigenvalue weighted by Crippen LogP contribution is 2.33. The molecule has 0 fully saturated rings. The Labute approximate surface area is 132 Å². The van der Waals surface area contributed by atoms with Crippen LogP contribution in [0.3, 0.4) is 0 Å². The smallest absolute Gasteiger partial charge is 0.262 e. The van der Waals surface area contributed by atoms with E-state index in [1.165, 1.54) is 16.9 Å². The van der Waals surface area contributed by atoms with Gasteiger partial charge in [-0.05, 0) is 31.2 Å². The molecular formula is C16H19N3O2S. The number of aromatic nitrogens is 2. The molecule has 2 aromatic rings. The van der Waals surface area contributed by atoms with Gasteiger partial charge in [-0.3, -0.25) is 14.2 Å². The van der Waals surface area contributed by atoms with Crippen molar-refractivity contribution in [3.8, 4) is 0 Å². The Morgan fingerprint density at radius 2 is 2.27 bits per heavy atom. The number of carbonyl (C=O) groups excluding carboxylic acids is 1. The van der Waals surface area contributed by atoms with E-state index < -0.39 is 0 Å². The third-order valence-corrected chi connectivity index (χ3v) is 5.16. The Hall–Kier alpha value is -1.95. The molecule has 0 spiro atoms. The second-order valence-corrected chi connectivity index (χ2v) is 6.56. The number of hydrogen-bond donors (Lipinski definition) is 1. The predicted octanol–water partition coefficient (Wildman–Crippen LogP) is 2.03. The summed E-state index contributed by atoms with van der Waals surface area (Å²) in [6.07, 6.45) is 7.82. The van der Waals surface area contributed by atoms with E-state index in [1.807, 2.05) is 0 Å². The molecule has 5 nitrogen and oxygen atoms in total. The number of thiophene rings is 1. The first-order valence-electron chi connectivity index (χ1n) is 7.58. The van der Waals surface area contributed by atoms with Gasteiger partial charge in [-0.25, -0.2) is 4.98 Å². The molecular weight excluding hydrogens is 298 g/mol. The van der Waals surface area contributed by atoms with Gasteiger partial charge < -0.3 is 5.32 Å². The molecule has 0 aromatic carbocycles. The highest BCUT2D eigenvalue weighted by atomic mass is 32.1. The second-order valence-electron chi connectivity index (χ2n) is 5.48. The molecule has 3 rings (SSSR count). The molecule has 1 aliphatic carbocycles. The average Bonchev–Trinajstić information content (AvgIpc) is 2.91. The molecule has 0 bridgehead atoms. The number of rotatable bonds is 5. The van der Waals surface area contributed by atoms with Crippen LogP contribution in [0.1, 0.15) is 29.7 Å². The first-order valence-corrected chi connectivity index (χ1v) is 8.39. The van der Waals surface area contributed by atoms with Gasteiger partial charge in [0.1, 0.15) is 4.83 Å². The van der Waals surface area contributed by atoms with E-state index in [1.54, 1.807) is 28.3 Å². The Balaban J connectivity index is 1.85. The van der Waals surface area contributed by atoms with Crippen LogP contribution in [0.5, 0.6) is 0 Å². The van der Waals surface area contributed by atoms with Crippen molar-refractivity contribution in [2.75, 3.05) is 6.54 Å². The van der Waals surface area contributed by atoms with Crippen molar-refractivity contribution in [1.29, 1.82) is 0 Å². The summed E-state index contributed by atoms with van der Waals surface area (Å²) in [6.45, 7) is 4.36. The number of carbonyl (C=O) groups is 1. The molecule has 0 saturated heterocycles. The van der Waals surface area contributed by atoms with Crippen LogP contribution in [0.25, 0.3) is 10.2 Å². The standard InChI is InChI=1S/C16H19N3O2S/c1-2-8-17-13(20)7-9-19-10-18-15-14(16(19)21)11-5-3-4-6-12(11)22-15/h2,10H,1,3-9H2,(H,17,20). The quantitative estimate of drug-likeness (QED) is 0.858. The minimum Gasteiger partial charge on any atom is -0.353 e. The fourth-order valence-electron chi connectivity index (χ4n) is 2.84. The van der Waals surface area contributed by atoms with E-state index >= 15 is 0 Å². The van der Waals surface area contributed by atoms with Gasteiger partial charge in [0, 0.05) is 24.4 Å². The summed E-state index contributed by atoms with van der Waals surface area (Å²) < 4.78 is 1.55. The monoisotopic (exact) mass is 317 g/mol. The van der Waals surface area contributed by atoms with Crippen molar-refractivity contribution in [2.45, 2.75) is 38.6 Å². The Morgan fingerprint density at radius 3 is 3.09 bits per heavy atom. The van der Waals surface area contributed by atoms with E-state index in [0.717, 1.165) is 29.5 Å². The lowest BCUT2D eigenvalue weighted by Crippen LogP contribution is -2.27. The van der Waals surface area contributed by atoms with Crippen LogP contribution >= 0.6 is 11.3 Å². The predicted molar refractivity (Wildman–Crippen MR) is 88.3 cm³/mol. The molecule has 1 N–H and O–H groups in total. The normalized spacial score (nSPS) is 13.8. The molecule has 1 amide bonds. The molecule has 1 aliphatic rings. The molecule has 0 saturated carbocycles. The number of nitrogens with zero attached hydrogens (tertiary/aromatic N) is 2. The maximum absolute atomic E-state index is 12.7. The van der Waals surface area contributed by atoms with Gasteiger partial charge in [0.2, 0.25) is 5.91 Å². The summed E-state index contributed by atoms with van der Waals surface area (Å²) in [4.78, 5) is 30.9. The zero-order valence-electron chi connectivity index (χ0n) is 12.4. The maximum Gasteiger partial charge on any atom is 0.262 e. The Bertz CT molecular complexity index is 776. The van der Waals surface area contributed by atoms with Crippen LogP contribution in [0.2, 0.25) is 0 Å². The number of amides is 1. The topological polar surface area (TPSA) is 64.0 Å². The highest BCUT2D eigenvalue weighted by Gasteiger charge is 2.19. The molecule has 0 atom stereocenters. The fraction of sp³-hybridized carbons (Fsp3) is 0.438. The van der Waals surface area contributed by atoms with E-state index in [0.29, 0.717) is 13.1 Å². The van der Waals surface area contributed by atoms with Gasteiger partial charge in [0.05, 0.1) is 11.7 Å². The molecule has 0 unspecified atom stereocenters. The summed E-state index contributed by atoms with van der Waals surface area (Å²) in [7, 11) is 0. The number of nitrogens with one attached hydrogen (secondary N) is 1. The minimum absolute atomic E-state index is 0.0130. The molecule has 116 valence electrons. The van der Waals surface area contributed by atoms with Crippen LogP contribution in [0, 0.1) is 0 Å². The third-order valence-electron chi connectivity index (χ3n) is 3.97. The zero-order valence-corrected chi connectivity index (χ0v) is 13.2. The summed E-state index contributed by atoms with van der Waals surface area (Å²) in [6, 6.07) is 0. The van der Waals surface area contributed by atoms with Crippen LogP contribution in [-0.2, 0) is 24.2 Å². The van der Waals surface area contributed by atoms with Crippen molar-refractivity contribution in [1.82, 2.24) is 14.9 Å². The van der Waals surface area contributed by atoms with Crippen molar-refractivity contribution >= 4 is 27.5 Å². The van der Waals surface area contributed by atoms with Crippen molar-refractivity contribution in [3.05, 3.63) is 39.8 Å². The molecule has 22 heavy (non-hydrogen) atoms. The minimum atomic E-state index is -0.0840. The van der Waals surface area contributed by atoms with Crippen LogP contribution in [0.15, 0.2) is 23.8 Å². The average molecular weight is 317 g/mol. The Kier molecular flexibility index (Phi) is 4.38. The van der Waals surface area contributed by atoms with Gasteiger partial charge in [-0.2, -0.15) is 0 Å². The summed E-state index contributed by atoms with van der Waals surface area (Å²) in [5.41, 5.74) is 1.18. The van der Waals surface area contributed by atoms with Gasteiger partial charge in [-0.15, -0.1) is 17.9 Å². The maximum atomic E-state index is 12.7. The lowest BCUT2D eigenvalue weighted by atomic mass is 9.97. The fourth-order valence-corrected chi connectivity index (χ4v) is 4.06. The summed E-state index contributed by atoms with van der Waals surface area (Å²) >= 11 is 1.64. The molecule has 6 heteroatoms. The number of aryl methyl sites for hydroxylation is 3. The van der Waals surface area contributed by atoms with Crippen LogP contribution in [-0.4, -0.2) is 22.0 Å². The van der Waals surface area contributed by atoms with Crippen molar-refractivity contribution < 1.29 is 4.79 Å². The van der Waals surface area contributed by atoms with Gasteiger partial charge in [0.15, 0.2) is 0 Å².